The van der Waals surface area contributed by atoms with Gasteiger partial charge >= 0.3 is 0 Å². The second-order valence-corrected chi connectivity index (χ2v) is 2.55. The van der Waals surface area contributed by atoms with Crippen molar-refractivity contribution < 1.29 is 0 Å². The van der Waals surface area contributed by atoms with E-state index in [1.54, 1.807) is 12.3 Å². The Morgan fingerprint density at radius 2 is 2.36 bits per heavy atom. The highest BCUT2D eigenvalue weighted by molar-refractivity contribution is 5.47. The normalized spacial score (nSPS) is 9.64. The van der Waals surface area contributed by atoms with E-state index in [1.807, 2.05) is 6.07 Å². The van der Waals surface area contributed by atoms with Crippen LogP contribution in [0.3, 0.4) is 0 Å². The second-order valence-electron chi connectivity index (χ2n) is 2.55. The van der Waals surface area contributed by atoms with Gasteiger partial charge in [0.05, 0.1) is 6.20 Å². The topological polar surface area (TPSA) is 93.4 Å². The van der Waals surface area contributed by atoms with E-state index < -0.39 is 0 Å². The number of nitriles is 1. The van der Waals surface area contributed by atoms with Crippen molar-refractivity contribution >= 4 is 5.82 Å². The SMILES string of the molecule is N#Cc1cn(-c2ccncn2)nc1N. The minimum Gasteiger partial charge on any atom is -0.381 e. The van der Waals surface area contributed by atoms with Crippen molar-refractivity contribution in [3.63, 3.8) is 0 Å². The molecule has 2 N–H and O–H groups in total. The molecule has 0 aliphatic carbocycles. The van der Waals surface area contributed by atoms with Gasteiger partial charge in [-0.1, -0.05) is 0 Å². The van der Waals surface area contributed by atoms with E-state index in [0.717, 1.165) is 0 Å². The van der Waals surface area contributed by atoms with E-state index in [4.69, 9.17) is 11.0 Å². The zero-order valence-corrected chi connectivity index (χ0v) is 7.12. The summed E-state index contributed by atoms with van der Waals surface area (Å²) >= 11 is 0. The van der Waals surface area contributed by atoms with Gasteiger partial charge in [-0.2, -0.15) is 5.26 Å². The molecule has 0 aromatic carbocycles. The third kappa shape index (κ3) is 1.27. The van der Waals surface area contributed by atoms with Gasteiger partial charge in [0.15, 0.2) is 11.6 Å². The fourth-order valence-corrected chi connectivity index (χ4v) is 1.01. The van der Waals surface area contributed by atoms with E-state index in [9.17, 15) is 0 Å². The maximum Gasteiger partial charge on any atom is 0.163 e. The zero-order chi connectivity index (χ0) is 9.97. The first-order chi connectivity index (χ1) is 6.81. The standard InChI is InChI=1S/C8H6N6/c9-3-6-4-14(13-8(6)10)7-1-2-11-5-12-7/h1-2,4-5H,(H2,10,13). The van der Waals surface area contributed by atoms with E-state index in [1.165, 1.54) is 17.2 Å². The molecule has 0 bridgehead atoms. The summed E-state index contributed by atoms with van der Waals surface area (Å²) in [6.45, 7) is 0. The van der Waals surface area contributed by atoms with Crippen LogP contribution >= 0.6 is 0 Å². The Labute approximate surface area is 79.6 Å². The number of nitrogens with zero attached hydrogens (tertiary/aromatic N) is 5. The van der Waals surface area contributed by atoms with Crippen LogP contribution in [0.2, 0.25) is 0 Å². The summed E-state index contributed by atoms with van der Waals surface area (Å²) in [6.07, 6.45) is 4.52. The molecule has 6 heteroatoms. The number of hydrogen-bond acceptors (Lipinski definition) is 5. The lowest BCUT2D eigenvalue weighted by atomic mass is 10.4. The van der Waals surface area contributed by atoms with Crippen LogP contribution in [0.25, 0.3) is 5.82 Å². The summed E-state index contributed by atoms with van der Waals surface area (Å²) in [7, 11) is 0. The molecule has 68 valence electrons. The lowest BCUT2D eigenvalue weighted by Crippen LogP contribution is -1.98. The predicted molar refractivity (Wildman–Crippen MR) is 48.3 cm³/mol. The molecular formula is C8H6N6. The first-order valence-electron chi connectivity index (χ1n) is 3.83. The Hall–Kier alpha value is -2.42. The van der Waals surface area contributed by atoms with Crippen LogP contribution in [0.5, 0.6) is 0 Å². The quantitative estimate of drug-likeness (QED) is 0.682. The highest BCUT2D eigenvalue weighted by atomic mass is 15.3. The molecule has 14 heavy (non-hydrogen) atoms. The van der Waals surface area contributed by atoms with Crippen LogP contribution in [0.4, 0.5) is 5.82 Å². The molecule has 2 rings (SSSR count). The molecule has 0 saturated carbocycles. The molecular weight excluding hydrogens is 180 g/mol. The summed E-state index contributed by atoms with van der Waals surface area (Å²) in [5, 5.41) is 12.6. The van der Waals surface area contributed by atoms with Crippen LogP contribution in [-0.4, -0.2) is 19.7 Å². The Bertz CT molecular complexity index is 480. The minimum absolute atomic E-state index is 0.200. The molecule has 6 nitrogen and oxygen atoms in total. The Morgan fingerprint density at radius 1 is 1.50 bits per heavy atom. The van der Waals surface area contributed by atoms with Crippen LogP contribution in [0.1, 0.15) is 5.56 Å². The molecule has 2 aromatic rings. The van der Waals surface area contributed by atoms with Crippen molar-refractivity contribution in [3.05, 3.63) is 30.4 Å². The van der Waals surface area contributed by atoms with Crippen LogP contribution in [-0.2, 0) is 0 Å². The van der Waals surface area contributed by atoms with E-state index in [2.05, 4.69) is 15.1 Å². The van der Waals surface area contributed by atoms with Gasteiger partial charge in [0, 0.05) is 12.3 Å². The Morgan fingerprint density at radius 3 is 2.93 bits per heavy atom. The van der Waals surface area contributed by atoms with Crippen molar-refractivity contribution in [1.82, 2.24) is 19.7 Å². The molecule has 2 heterocycles. The summed E-state index contributed by atoms with van der Waals surface area (Å²) in [4.78, 5) is 7.73. The van der Waals surface area contributed by atoms with Gasteiger partial charge in [0.1, 0.15) is 18.0 Å². The number of nitrogen functional groups attached to an aromatic ring is 1. The van der Waals surface area contributed by atoms with E-state index >= 15 is 0 Å². The van der Waals surface area contributed by atoms with Gasteiger partial charge in [0.25, 0.3) is 0 Å². The fourth-order valence-electron chi connectivity index (χ4n) is 1.01. The monoisotopic (exact) mass is 186 g/mol. The number of aromatic nitrogens is 4. The van der Waals surface area contributed by atoms with Gasteiger partial charge in [-0.05, 0) is 0 Å². The van der Waals surface area contributed by atoms with Crippen molar-refractivity contribution in [2.24, 2.45) is 0 Å². The second kappa shape index (κ2) is 3.14. The molecule has 0 aliphatic heterocycles. The van der Waals surface area contributed by atoms with Crippen LogP contribution < -0.4 is 5.73 Å². The minimum atomic E-state index is 0.200. The summed E-state index contributed by atoms with van der Waals surface area (Å²) in [5.74, 6) is 0.777. The van der Waals surface area contributed by atoms with Crippen molar-refractivity contribution in [3.8, 4) is 11.9 Å². The summed E-state index contributed by atoms with van der Waals surface area (Å²) < 4.78 is 1.44. The molecule has 0 unspecified atom stereocenters. The van der Waals surface area contributed by atoms with Crippen LogP contribution in [0.15, 0.2) is 24.8 Å². The molecule has 0 saturated heterocycles. The summed E-state index contributed by atoms with van der Waals surface area (Å²) in [5.41, 5.74) is 5.83. The molecule has 0 radical (unpaired) electrons. The van der Waals surface area contributed by atoms with Gasteiger partial charge in [0.2, 0.25) is 0 Å². The third-order valence-electron chi connectivity index (χ3n) is 1.66. The lowest BCUT2D eigenvalue weighted by molar-refractivity contribution is 0.843. The van der Waals surface area contributed by atoms with Gasteiger partial charge in [-0.3, -0.25) is 0 Å². The average molecular weight is 186 g/mol. The number of rotatable bonds is 1. The maximum atomic E-state index is 8.66. The number of hydrogen-bond donors (Lipinski definition) is 1. The van der Waals surface area contributed by atoms with Crippen molar-refractivity contribution in [2.45, 2.75) is 0 Å². The third-order valence-corrected chi connectivity index (χ3v) is 1.66. The smallest absolute Gasteiger partial charge is 0.163 e. The Kier molecular flexibility index (Phi) is 1.84. The maximum absolute atomic E-state index is 8.66. The largest absolute Gasteiger partial charge is 0.381 e. The average Bonchev–Trinajstić information content (AvgIpc) is 2.61. The molecule has 0 fully saturated rings. The van der Waals surface area contributed by atoms with Crippen molar-refractivity contribution in [2.75, 3.05) is 5.73 Å². The molecule has 2 aromatic heterocycles. The van der Waals surface area contributed by atoms with Gasteiger partial charge < -0.3 is 5.73 Å². The van der Waals surface area contributed by atoms with E-state index in [0.29, 0.717) is 11.4 Å². The van der Waals surface area contributed by atoms with Gasteiger partial charge in [-0.15, -0.1) is 5.10 Å². The first kappa shape index (κ1) is 8.19. The number of anilines is 1. The Balaban J connectivity index is 2.50. The lowest BCUT2D eigenvalue weighted by Gasteiger charge is -1.96. The molecule has 0 amide bonds. The fraction of sp³-hybridized carbons (Fsp3) is 0. The highest BCUT2D eigenvalue weighted by Crippen LogP contribution is 2.10. The molecule has 0 spiro atoms. The highest BCUT2D eigenvalue weighted by Gasteiger charge is 2.05. The first-order valence-corrected chi connectivity index (χ1v) is 3.83. The number of nitrogens with two attached hydrogens (primary N) is 1. The van der Waals surface area contributed by atoms with Gasteiger partial charge in [-0.25, -0.2) is 14.6 Å². The predicted octanol–water partition coefficient (Wildman–Crippen LogP) is 0.116. The molecule has 0 atom stereocenters. The van der Waals surface area contributed by atoms with Crippen LogP contribution in [0, 0.1) is 11.3 Å². The summed E-state index contributed by atoms with van der Waals surface area (Å²) in [6, 6.07) is 3.61. The van der Waals surface area contributed by atoms with E-state index in [-0.39, 0.29) is 5.82 Å². The van der Waals surface area contributed by atoms with Crippen molar-refractivity contribution in [1.29, 1.82) is 5.26 Å². The molecule has 0 aliphatic rings. The zero-order valence-electron chi connectivity index (χ0n) is 7.12.